The lowest BCUT2D eigenvalue weighted by Gasteiger charge is -2.27. The number of hydrogen-bond donors (Lipinski definition) is 1. The van der Waals surface area contributed by atoms with E-state index >= 15 is 0 Å². The fourth-order valence-corrected chi connectivity index (χ4v) is 2.22. The maximum atomic E-state index is 11.9. The average Bonchev–Trinajstić information content (AvgIpc) is 3.06. The summed E-state index contributed by atoms with van der Waals surface area (Å²) in [5.41, 5.74) is 5.86. The van der Waals surface area contributed by atoms with Crippen molar-refractivity contribution in [3.8, 4) is 0 Å². The van der Waals surface area contributed by atoms with Crippen molar-refractivity contribution in [1.29, 1.82) is 0 Å². The zero-order valence-corrected chi connectivity index (χ0v) is 10.7. The molecule has 0 aromatic carbocycles. The fourth-order valence-electron chi connectivity index (χ4n) is 1.73. The monoisotopic (exact) mass is 230 g/mol. The summed E-state index contributed by atoms with van der Waals surface area (Å²) in [7, 11) is 1.88. The summed E-state index contributed by atoms with van der Waals surface area (Å²) < 4.78 is 0. The Labute approximate surface area is 96.8 Å². The van der Waals surface area contributed by atoms with Crippen LogP contribution in [0, 0.1) is 5.92 Å². The van der Waals surface area contributed by atoms with Gasteiger partial charge in [-0.3, -0.25) is 4.79 Å². The lowest BCUT2D eigenvalue weighted by Crippen LogP contribution is -2.46. The number of nitrogens with two attached hydrogens (primary N) is 1. The number of thioether (sulfide) groups is 1. The summed E-state index contributed by atoms with van der Waals surface area (Å²) in [5.74, 6) is 1.77. The van der Waals surface area contributed by atoms with E-state index in [0.29, 0.717) is 12.0 Å². The largest absolute Gasteiger partial charge is 0.341 e. The Hall–Kier alpha value is -0.220. The second-order valence-electron chi connectivity index (χ2n) is 4.42. The highest BCUT2D eigenvalue weighted by Crippen LogP contribution is 2.34. The molecule has 0 bridgehead atoms. The third kappa shape index (κ3) is 3.68. The molecule has 1 rings (SSSR count). The van der Waals surface area contributed by atoms with E-state index in [0.717, 1.165) is 12.2 Å². The van der Waals surface area contributed by atoms with Gasteiger partial charge >= 0.3 is 0 Å². The molecule has 0 aromatic heterocycles. The zero-order valence-electron chi connectivity index (χ0n) is 9.90. The molecule has 2 atom stereocenters. The van der Waals surface area contributed by atoms with Crippen molar-refractivity contribution in [3.05, 3.63) is 0 Å². The summed E-state index contributed by atoms with van der Waals surface area (Å²) in [6, 6.07) is 0.0430. The molecule has 1 aliphatic carbocycles. The van der Waals surface area contributed by atoms with Crippen molar-refractivity contribution >= 4 is 17.7 Å². The summed E-state index contributed by atoms with van der Waals surface area (Å²) in [4.78, 5) is 13.8. The minimum absolute atomic E-state index is 0.100. The molecule has 0 heterocycles. The van der Waals surface area contributed by atoms with Crippen molar-refractivity contribution in [2.24, 2.45) is 11.7 Å². The molecule has 0 radical (unpaired) electrons. The van der Waals surface area contributed by atoms with Gasteiger partial charge in [0.25, 0.3) is 0 Å². The first-order chi connectivity index (χ1) is 7.07. The Bertz CT molecular complexity index is 219. The summed E-state index contributed by atoms with van der Waals surface area (Å²) in [5, 5.41) is 0. The van der Waals surface area contributed by atoms with Crippen LogP contribution in [0.5, 0.6) is 0 Å². The molecule has 4 heteroatoms. The van der Waals surface area contributed by atoms with E-state index in [1.54, 1.807) is 11.8 Å². The number of nitrogens with zero attached hydrogens (tertiary/aromatic N) is 1. The van der Waals surface area contributed by atoms with Gasteiger partial charge in [0.1, 0.15) is 0 Å². The summed E-state index contributed by atoms with van der Waals surface area (Å²) >= 11 is 1.74. The molecule has 1 saturated carbocycles. The van der Waals surface area contributed by atoms with Gasteiger partial charge in [-0.05, 0) is 44.1 Å². The van der Waals surface area contributed by atoms with Gasteiger partial charge in [0.2, 0.25) is 5.91 Å². The van der Waals surface area contributed by atoms with Crippen molar-refractivity contribution < 1.29 is 4.79 Å². The number of rotatable bonds is 6. The van der Waals surface area contributed by atoms with Crippen molar-refractivity contribution in [2.45, 2.75) is 38.3 Å². The maximum Gasteiger partial charge on any atom is 0.239 e. The van der Waals surface area contributed by atoms with Crippen molar-refractivity contribution in [3.63, 3.8) is 0 Å². The quantitative estimate of drug-likeness (QED) is 0.748. The fraction of sp³-hybridized carbons (Fsp3) is 0.909. The highest BCUT2D eigenvalue weighted by atomic mass is 32.2. The molecular weight excluding hydrogens is 208 g/mol. The van der Waals surface area contributed by atoms with E-state index in [4.69, 9.17) is 5.73 Å². The van der Waals surface area contributed by atoms with Crippen molar-refractivity contribution in [1.82, 2.24) is 4.90 Å². The smallest absolute Gasteiger partial charge is 0.239 e. The van der Waals surface area contributed by atoms with Gasteiger partial charge in [0.15, 0.2) is 0 Å². The third-order valence-corrected chi connectivity index (χ3v) is 3.86. The molecule has 1 fully saturated rings. The van der Waals surface area contributed by atoms with Crippen LogP contribution in [0.15, 0.2) is 0 Å². The topological polar surface area (TPSA) is 46.3 Å². The van der Waals surface area contributed by atoms with Crippen LogP contribution >= 0.6 is 11.8 Å². The van der Waals surface area contributed by atoms with E-state index in [2.05, 4.69) is 6.92 Å². The van der Waals surface area contributed by atoms with E-state index in [1.807, 2.05) is 18.2 Å². The molecule has 0 aliphatic heterocycles. The Kier molecular flexibility index (Phi) is 4.93. The van der Waals surface area contributed by atoms with Crippen LogP contribution in [0.3, 0.4) is 0 Å². The Balaban J connectivity index is 2.36. The average molecular weight is 230 g/mol. The predicted octanol–water partition coefficient (Wildman–Crippen LogP) is 1.32. The first-order valence-electron chi connectivity index (χ1n) is 5.59. The molecular formula is C11H22N2OS. The first-order valence-corrected chi connectivity index (χ1v) is 6.98. The Morgan fingerprint density at radius 3 is 2.67 bits per heavy atom. The van der Waals surface area contributed by atoms with Crippen LogP contribution in [0.1, 0.15) is 26.2 Å². The van der Waals surface area contributed by atoms with Crippen LogP contribution in [0.25, 0.3) is 0 Å². The summed E-state index contributed by atoms with van der Waals surface area (Å²) in [6.45, 7) is 2.12. The lowest BCUT2D eigenvalue weighted by molar-refractivity contribution is -0.133. The number of hydrogen-bond acceptors (Lipinski definition) is 3. The molecule has 0 spiro atoms. The molecule has 1 unspecified atom stereocenters. The van der Waals surface area contributed by atoms with Gasteiger partial charge in [-0.25, -0.2) is 0 Å². The molecule has 15 heavy (non-hydrogen) atoms. The summed E-state index contributed by atoms with van der Waals surface area (Å²) in [6.07, 6.45) is 5.34. The minimum Gasteiger partial charge on any atom is -0.341 e. The second kappa shape index (κ2) is 5.75. The molecule has 0 aromatic rings. The van der Waals surface area contributed by atoms with Gasteiger partial charge < -0.3 is 10.6 Å². The van der Waals surface area contributed by atoms with Crippen LogP contribution in [0.2, 0.25) is 0 Å². The molecule has 0 saturated heterocycles. The number of carbonyl (C=O) groups is 1. The standard InChI is InChI=1S/C11H22N2OS/c1-8(9-4-5-9)13(2)11(14)10(12)6-7-15-3/h8-10H,4-7,12H2,1-3H3/t8?,10-/m1/s1. The van der Waals surface area contributed by atoms with Gasteiger partial charge in [-0.15, -0.1) is 0 Å². The van der Waals surface area contributed by atoms with Crippen LogP contribution in [0.4, 0.5) is 0 Å². The third-order valence-electron chi connectivity index (χ3n) is 3.21. The highest BCUT2D eigenvalue weighted by molar-refractivity contribution is 7.98. The normalized spacial score (nSPS) is 19.7. The molecule has 1 aliphatic rings. The maximum absolute atomic E-state index is 11.9. The van der Waals surface area contributed by atoms with E-state index in [9.17, 15) is 4.79 Å². The van der Waals surface area contributed by atoms with E-state index < -0.39 is 0 Å². The van der Waals surface area contributed by atoms with Crippen LogP contribution in [-0.2, 0) is 4.79 Å². The number of amides is 1. The number of likely N-dealkylation sites (N-methyl/N-ethyl adjacent to an activating group) is 1. The first kappa shape index (κ1) is 12.8. The molecule has 1 amide bonds. The minimum atomic E-state index is -0.316. The van der Waals surface area contributed by atoms with E-state index in [-0.39, 0.29) is 11.9 Å². The predicted molar refractivity (Wildman–Crippen MR) is 65.9 cm³/mol. The zero-order chi connectivity index (χ0) is 11.4. The van der Waals surface area contributed by atoms with Gasteiger partial charge in [-0.2, -0.15) is 11.8 Å². The van der Waals surface area contributed by atoms with Gasteiger partial charge in [0.05, 0.1) is 6.04 Å². The van der Waals surface area contributed by atoms with E-state index in [1.165, 1.54) is 12.8 Å². The van der Waals surface area contributed by atoms with Crippen LogP contribution in [-0.4, -0.2) is 41.9 Å². The van der Waals surface area contributed by atoms with Crippen molar-refractivity contribution in [2.75, 3.05) is 19.1 Å². The highest BCUT2D eigenvalue weighted by Gasteiger charge is 2.33. The molecule has 88 valence electrons. The van der Waals surface area contributed by atoms with Crippen LogP contribution < -0.4 is 5.73 Å². The SMILES string of the molecule is CSCC[C@@H](N)C(=O)N(C)C(C)C1CC1. The Morgan fingerprint density at radius 2 is 2.20 bits per heavy atom. The van der Waals surface area contributed by atoms with Gasteiger partial charge in [-0.1, -0.05) is 0 Å². The van der Waals surface area contributed by atoms with Gasteiger partial charge in [0, 0.05) is 13.1 Å². The molecule has 2 N–H and O–H groups in total. The lowest BCUT2D eigenvalue weighted by atomic mass is 10.1. The second-order valence-corrected chi connectivity index (χ2v) is 5.40. The molecule has 3 nitrogen and oxygen atoms in total. The number of carbonyl (C=O) groups excluding carboxylic acids is 1. The Morgan fingerprint density at radius 1 is 1.60 bits per heavy atom.